The summed E-state index contributed by atoms with van der Waals surface area (Å²) < 4.78 is 11.3. The second-order valence-electron chi connectivity index (χ2n) is 16.8. The van der Waals surface area contributed by atoms with E-state index in [0.29, 0.717) is 32.1 Å². The summed E-state index contributed by atoms with van der Waals surface area (Å²) in [6.07, 6.45) is 1.02. The first-order valence-electron chi connectivity index (χ1n) is 17.3. The fourth-order valence-electron chi connectivity index (χ4n) is 10.4. The van der Waals surface area contributed by atoms with Crippen molar-refractivity contribution in [3.8, 4) is 0 Å². The van der Waals surface area contributed by atoms with Gasteiger partial charge in [-0.1, -0.05) is 59.8 Å². The minimum atomic E-state index is -1.70. The second-order valence-corrected chi connectivity index (χ2v) is 16.8. The average molecular weight is 651 g/mol. The van der Waals surface area contributed by atoms with Crippen molar-refractivity contribution >= 4 is 5.97 Å². The van der Waals surface area contributed by atoms with Crippen molar-refractivity contribution in [1.29, 1.82) is 0 Å². The van der Waals surface area contributed by atoms with Crippen molar-refractivity contribution < 1.29 is 50.0 Å². The molecule has 7 N–H and O–H groups in total. The molecule has 5 rings (SSSR count). The molecular weight excluding hydrogens is 592 g/mol. The van der Waals surface area contributed by atoms with E-state index in [4.69, 9.17) is 9.47 Å². The molecule has 1 saturated heterocycles. The molecule has 0 unspecified atom stereocenters. The average Bonchev–Trinajstić information content (AvgIpc) is 2.99. The zero-order valence-electron chi connectivity index (χ0n) is 28.6. The Morgan fingerprint density at radius 3 is 2.30 bits per heavy atom. The maximum atomic E-state index is 14.2. The molecule has 0 radical (unpaired) electrons. The molecule has 3 fully saturated rings. The smallest absolute Gasteiger partial charge is 0.318 e. The van der Waals surface area contributed by atoms with Crippen LogP contribution in [-0.2, 0) is 14.3 Å². The standard InChI is InChI=1S/C36H58O10/c1-19(20(2)38)10-13-36(31(44)46-30-28(42)27(41)26(40)23(18-37)45-30)15-14-34(6)21(16-36)8-9-25-33(5)17-22(39)29(43)32(3,4)24(33)11-12-35(25,34)7/h8-9,16,19-20,22-30,37-43H,10-15,17-18H2,1-7H3/t19-,20+,22-,23-,24+,25-,26-,27+,28-,29+,30+,33+,34-,35-,36+/m1/s1. The van der Waals surface area contributed by atoms with E-state index in [1.807, 2.05) is 13.0 Å². The number of carbonyl (C=O) groups excluding carboxylic acids is 1. The Balaban J connectivity index is 1.52. The summed E-state index contributed by atoms with van der Waals surface area (Å²) in [5, 5.41) is 73.1. The third-order valence-electron chi connectivity index (χ3n) is 14.0. The molecule has 1 aliphatic heterocycles. The predicted molar refractivity (Wildman–Crippen MR) is 170 cm³/mol. The van der Waals surface area contributed by atoms with Gasteiger partial charge >= 0.3 is 5.97 Å². The molecule has 0 aromatic carbocycles. The summed E-state index contributed by atoms with van der Waals surface area (Å²) in [6, 6.07) is 0. The van der Waals surface area contributed by atoms with Crippen molar-refractivity contribution in [3.05, 3.63) is 23.8 Å². The summed E-state index contributed by atoms with van der Waals surface area (Å²) in [7, 11) is 0. The van der Waals surface area contributed by atoms with E-state index in [-0.39, 0.29) is 34.0 Å². The lowest BCUT2D eigenvalue weighted by atomic mass is 9.36. The van der Waals surface area contributed by atoms with Crippen molar-refractivity contribution in [2.75, 3.05) is 6.61 Å². The zero-order chi connectivity index (χ0) is 34.2. The summed E-state index contributed by atoms with van der Waals surface area (Å²) in [5.41, 5.74) is -1.21. The normalized spacial score (nSPS) is 49.5. The van der Waals surface area contributed by atoms with Crippen LogP contribution in [0.3, 0.4) is 0 Å². The molecule has 1 heterocycles. The largest absolute Gasteiger partial charge is 0.432 e. The molecule has 4 aliphatic carbocycles. The lowest BCUT2D eigenvalue weighted by molar-refractivity contribution is -0.295. The van der Waals surface area contributed by atoms with Gasteiger partial charge in [0.2, 0.25) is 6.29 Å². The molecule has 15 atom stereocenters. The predicted octanol–water partition coefficient (Wildman–Crippen LogP) is 2.60. The Hall–Kier alpha value is -1.37. The third kappa shape index (κ3) is 5.34. The number of aliphatic hydroxyl groups excluding tert-OH is 7. The number of allylic oxidation sites excluding steroid dienone is 3. The minimum Gasteiger partial charge on any atom is -0.432 e. The van der Waals surface area contributed by atoms with Crippen LogP contribution < -0.4 is 0 Å². The number of rotatable bonds is 7. The summed E-state index contributed by atoms with van der Waals surface area (Å²) >= 11 is 0. The van der Waals surface area contributed by atoms with Gasteiger partial charge in [-0.05, 0) is 96.9 Å². The number of hydrogen-bond acceptors (Lipinski definition) is 10. The van der Waals surface area contributed by atoms with E-state index in [2.05, 4.69) is 46.8 Å². The van der Waals surface area contributed by atoms with Gasteiger partial charge in [-0.3, -0.25) is 4.79 Å². The Labute approximate surface area is 273 Å². The molecule has 46 heavy (non-hydrogen) atoms. The van der Waals surface area contributed by atoms with Crippen LogP contribution in [0.2, 0.25) is 0 Å². The second kappa shape index (κ2) is 12.2. The molecule has 0 amide bonds. The molecule has 262 valence electrons. The number of hydrogen-bond donors (Lipinski definition) is 7. The Kier molecular flexibility index (Phi) is 9.52. The minimum absolute atomic E-state index is 0.0842. The first kappa shape index (κ1) is 35.9. The monoisotopic (exact) mass is 650 g/mol. The van der Waals surface area contributed by atoms with E-state index < -0.39 is 72.4 Å². The molecule has 10 heteroatoms. The first-order valence-corrected chi connectivity index (χ1v) is 17.3. The number of fused-ring (bicyclic) bond motifs is 5. The van der Waals surface area contributed by atoms with Crippen molar-refractivity contribution in [2.24, 2.45) is 44.8 Å². The van der Waals surface area contributed by atoms with Crippen LogP contribution in [0.5, 0.6) is 0 Å². The Morgan fingerprint density at radius 2 is 1.67 bits per heavy atom. The molecule has 0 spiro atoms. The molecular formula is C36H58O10. The highest BCUT2D eigenvalue weighted by atomic mass is 16.7. The van der Waals surface area contributed by atoms with Gasteiger partial charge in [0.1, 0.15) is 24.4 Å². The van der Waals surface area contributed by atoms with Gasteiger partial charge in [0.05, 0.1) is 30.3 Å². The Morgan fingerprint density at radius 1 is 1.00 bits per heavy atom. The van der Waals surface area contributed by atoms with Gasteiger partial charge in [-0.2, -0.15) is 0 Å². The first-order chi connectivity index (χ1) is 21.3. The van der Waals surface area contributed by atoms with Crippen LogP contribution in [0.15, 0.2) is 23.8 Å². The highest BCUT2D eigenvalue weighted by Gasteiger charge is 2.67. The van der Waals surface area contributed by atoms with E-state index in [0.717, 1.165) is 18.4 Å². The fourth-order valence-corrected chi connectivity index (χ4v) is 10.4. The van der Waals surface area contributed by atoms with Gasteiger partial charge in [-0.25, -0.2) is 0 Å². The van der Waals surface area contributed by atoms with E-state index >= 15 is 0 Å². The quantitative estimate of drug-likeness (QED) is 0.203. The van der Waals surface area contributed by atoms with Crippen LogP contribution in [-0.4, -0.2) is 97.3 Å². The van der Waals surface area contributed by atoms with E-state index in [1.165, 1.54) is 0 Å². The molecule has 10 nitrogen and oxygen atoms in total. The number of aliphatic hydroxyl groups is 7. The third-order valence-corrected chi connectivity index (χ3v) is 14.0. The van der Waals surface area contributed by atoms with Crippen LogP contribution in [0.25, 0.3) is 0 Å². The van der Waals surface area contributed by atoms with E-state index in [9.17, 15) is 40.5 Å². The highest BCUT2D eigenvalue weighted by molar-refractivity contribution is 5.80. The summed E-state index contributed by atoms with van der Waals surface area (Å²) in [6.45, 7) is 14.1. The van der Waals surface area contributed by atoms with Gasteiger partial charge in [0, 0.05) is 0 Å². The number of ether oxygens (including phenoxy) is 2. The van der Waals surface area contributed by atoms with Crippen molar-refractivity contribution in [1.82, 2.24) is 0 Å². The SMILES string of the molecule is C[C@H](O)[C@H](C)CC[C@@]1(C(=O)O[C@@H]2O[C@H](CO)[C@@H](O)[C@H](O)[C@H]2O)C=C2C=C[C@@H]3[C@@]4(C)C[C@@H](O)[C@H](O)C(C)(C)[C@@H]4CC[C@@]3(C)[C@]2(C)CC1. The maximum absolute atomic E-state index is 14.2. The summed E-state index contributed by atoms with van der Waals surface area (Å²) in [4.78, 5) is 14.2. The van der Waals surface area contributed by atoms with Gasteiger partial charge in [0.25, 0.3) is 0 Å². The molecule has 0 bridgehead atoms. The van der Waals surface area contributed by atoms with Crippen LogP contribution >= 0.6 is 0 Å². The number of esters is 1. The topological polar surface area (TPSA) is 177 Å². The zero-order valence-corrected chi connectivity index (χ0v) is 28.6. The van der Waals surface area contributed by atoms with E-state index in [1.54, 1.807) is 6.92 Å². The van der Waals surface area contributed by atoms with Crippen LogP contribution in [0, 0.1) is 44.8 Å². The maximum Gasteiger partial charge on any atom is 0.318 e. The van der Waals surface area contributed by atoms with Crippen molar-refractivity contribution in [2.45, 2.75) is 142 Å². The van der Waals surface area contributed by atoms with Gasteiger partial charge < -0.3 is 45.2 Å². The Bertz CT molecular complexity index is 1210. The molecule has 2 saturated carbocycles. The lowest BCUT2D eigenvalue weighted by Gasteiger charge is -2.69. The fraction of sp³-hybridized carbons (Fsp3) is 0.861. The number of carbonyl (C=O) groups is 1. The molecule has 0 aromatic rings. The summed E-state index contributed by atoms with van der Waals surface area (Å²) in [5.74, 6) is -0.328. The molecule has 0 aromatic heterocycles. The van der Waals surface area contributed by atoms with Crippen LogP contribution in [0.1, 0.15) is 93.4 Å². The van der Waals surface area contributed by atoms with Crippen molar-refractivity contribution in [3.63, 3.8) is 0 Å². The molecule has 5 aliphatic rings. The van der Waals surface area contributed by atoms with Crippen LogP contribution in [0.4, 0.5) is 0 Å². The highest BCUT2D eigenvalue weighted by Crippen LogP contribution is 2.72. The van der Waals surface area contributed by atoms with Gasteiger partial charge in [0.15, 0.2) is 0 Å². The lowest BCUT2D eigenvalue weighted by Crippen LogP contribution is -2.65. The van der Waals surface area contributed by atoms with Gasteiger partial charge in [-0.15, -0.1) is 0 Å².